The van der Waals surface area contributed by atoms with Crippen LogP contribution in [-0.4, -0.2) is 26.4 Å². The summed E-state index contributed by atoms with van der Waals surface area (Å²) in [6, 6.07) is 8.26. The summed E-state index contributed by atoms with van der Waals surface area (Å²) in [5, 5.41) is 27.9. The van der Waals surface area contributed by atoms with E-state index < -0.39 is 5.97 Å². The lowest BCUT2D eigenvalue weighted by Crippen LogP contribution is -2.07. The number of aromatic carboxylic acids is 1. The Morgan fingerprint density at radius 1 is 1.26 bits per heavy atom. The molecule has 0 aliphatic heterocycles. The molecule has 19 heavy (non-hydrogen) atoms. The molecule has 1 aromatic heterocycles. The van der Waals surface area contributed by atoms with E-state index in [9.17, 15) is 4.79 Å². The number of rotatable bonds is 4. The number of aromatic nitrogens is 2. The van der Waals surface area contributed by atoms with E-state index in [1.165, 1.54) is 6.07 Å². The Morgan fingerprint density at radius 2 is 1.95 bits per heavy atom. The molecule has 0 fully saturated rings. The summed E-state index contributed by atoms with van der Waals surface area (Å²) >= 11 is 5.70. The topological polar surface area (TPSA) is 95.3 Å². The summed E-state index contributed by atoms with van der Waals surface area (Å²) in [4.78, 5) is 11.0. The maximum atomic E-state index is 11.0. The number of aliphatic hydroxyl groups is 1. The van der Waals surface area contributed by atoms with Crippen LogP contribution in [0.1, 0.15) is 16.1 Å². The van der Waals surface area contributed by atoms with E-state index in [1.54, 1.807) is 24.3 Å². The summed E-state index contributed by atoms with van der Waals surface area (Å²) in [5.41, 5.74) is 1.46. The lowest BCUT2D eigenvalue weighted by molar-refractivity contribution is 0.0690. The highest BCUT2D eigenvalue weighted by Gasteiger charge is 2.13. The summed E-state index contributed by atoms with van der Waals surface area (Å²) in [5.74, 6) is -1.20. The van der Waals surface area contributed by atoms with Crippen molar-refractivity contribution in [3.63, 3.8) is 0 Å². The number of nitrogens with zero attached hydrogens (tertiary/aromatic N) is 2. The molecule has 1 heterocycles. The molecule has 98 valence electrons. The second-order valence-corrected chi connectivity index (χ2v) is 4.10. The van der Waals surface area contributed by atoms with Crippen molar-refractivity contribution in [3.05, 3.63) is 46.7 Å². The molecule has 0 saturated carbocycles. The number of carboxylic acid groups (broad SMARTS) is 1. The van der Waals surface area contributed by atoms with E-state index >= 15 is 0 Å². The minimum Gasteiger partial charge on any atom is -0.476 e. The number of carboxylic acids is 1. The van der Waals surface area contributed by atoms with Gasteiger partial charge in [-0.3, -0.25) is 0 Å². The number of hydrogen-bond donors (Lipinski definition) is 3. The smallest absolute Gasteiger partial charge is 0.358 e. The van der Waals surface area contributed by atoms with Crippen LogP contribution in [0, 0.1) is 0 Å². The number of carbonyl (C=O) groups is 1. The van der Waals surface area contributed by atoms with Gasteiger partial charge in [0, 0.05) is 11.8 Å². The highest BCUT2D eigenvalue weighted by Crippen LogP contribution is 2.22. The molecule has 2 rings (SSSR count). The van der Waals surface area contributed by atoms with E-state index in [4.69, 9.17) is 21.8 Å². The number of halogens is 1. The van der Waals surface area contributed by atoms with Crippen LogP contribution in [-0.2, 0) is 6.61 Å². The molecular formula is C12H10ClN3O3. The van der Waals surface area contributed by atoms with Crippen molar-refractivity contribution in [2.24, 2.45) is 0 Å². The van der Waals surface area contributed by atoms with Gasteiger partial charge in [0.2, 0.25) is 0 Å². The van der Waals surface area contributed by atoms with Gasteiger partial charge >= 0.3 is 5.97 Å². The first-order valence-corrected chi connectivity index (χ1v) is 5.71. The summed E-state index contributed by atoms with van der Waals surface area (Å²) in [6.45, 7) is -0.0523. The Bertz CT molecular complexity index is 602. The van der Waals surface area contributed by atoms with Gasteiger partial charge in [-0.1, -0.05) is 23.7 Å². The SMILES string of the molecule is O=C(O)c1nnc(Cl)cc1Nc1ccc(CO)cc1. The lowest BCUT2D eigenvalue weighted by atomic mass is 10.2. The van der Waals surface area contributed by atoms with Gasteiger partial charge in [0.05, 0.1) is 12.3 Å². The van der Waals surface area contributed by atoms with Crippen LogP contribution in [0.3, 0.4) is 0 Å². The minimum absolute atomic E-state index is 0.0523. The number of nitrogens with one attached hydrogen (secondary N) is 1. The van der Waals surface area contributed by atoms with E-state index in [0.29, 0.717) is 5.69 Å². The molecule has 6 nitrogen and oxygen atoms in total. The summed E-state index contributed by atoms with van der Waals surface area (Å²) in [6.07, 6.45) is 0. The minimum atomic E-state index is -1.20. The predicted octanol–water partition coefficient (Wildman–Crippen LogP) is 2.06. The van der Waals surface area contributed by atoms with E-state index in [0.717, 1.165) is 5.56 Å². The van der Waals surface area contributed by atoms with Crippen LogP contribution < -0.4 is 5.32 Å². The van der Waals surface area contributed by atoms with Crippen molar-refractivity contribution in [2.45, 2.75) is 6.61 Å². The van der Waals surface area contributed by atoms with Gasteiger partial charge in [-0.15, -0.1) is 10.2 Å². The van der Waals surface area contributed by atoms with Gasteiger partial charge in [0.15, 0.2) is 10.8 Å². The van der Waals surface area contributed by atoms with Crippen molar-refractivity contribution in [2.75, 3.05) is 5.32 Å². The molecule has 0 aliphatic carbocycles. The predicted molar refractivity (Wildman–Crippen MR) is 69.6 cm³/mol. The zero-order chi connectivity index (χ0) is 13.8. The van der Waals surface area contributed by atoms with Crippen LogP contribution in [0.25, 0.3) is 0 Å². The fraction of sp³-hybridized carbons (Fsp3) is 0.0833. The molecule has 3 N–H and O–H groups in total. The monoisotopic (exact) mass is 279 g/mol. The van der Waals surface area contributed by atoms with Crippen LogP contribution in [0.15, 0.2) is 30.3 Å². The van der Waals surface area contributed by atoms with E-state index in [2.05, 4.69) is 15.5 Å². The first-order valence-electron chi connectivity index (χ1n) is 5.33. The second-order valence-electron chi connectivity index (χ2n) is 3.71. The molecule has 0 saturated heterocycles. The zero-order valence-electron chi connectivity index (χ0n) is 9.67. The lowest BCUT2D eigenvalue weighted by Gasteiger charge is -2.09. The number of aliphatic hydroxyl groups excluding tert-OH is 1. The zero-order valence-corrected chi connectivity index (χ0v) is 10.4. The largest absolute Gasteiger partial charge is 0.476 e. The Labute approximate surface area is 113 Å². The van der Waals surface area contributed by atoms with E-state index in [1.807, 2.05) is 0 Å². The number of anilines is 2. The van der Waals surface area contributed by atoms with Crippen LogP contribution >= 0.6 is 11.6 Å². The molecule has 0 bridgehead atoms. The first kappa shape index (κ1) is 13.3. The fourth-order valence-corrected chi connectivity index (χ4v) is 1.62. The molecule has 7 heteroatoms. The molecule has 0 radical (unpaired) electrons. The standard InChI is InChI=1S/C12H10ClN3O3/c13-10-5-9(11(12(18)19)16-15-10)14-8-3-1-7(6-17)2-4-8/h1-5,17H,6H2,(H,14,15)(H,18,19). The van der Waals surface area contributed by atoms with Crippen LogP contribution in [0.2, 0.25) is 5.15 Å². The van der Waals surface area contributed by atoms with Crippen molar-refractivity contribution < 1.29 is 15.0 Å². The molecule has 0 spiro atoms. The fourth-order valence-electron chi connectivity index (χ4n) is 1.47. The average molecular weight is 280 g/mol. The Kier molecular flexibility index (Phi) is 3.94. The van der Waals surface area contributed by atoms with Gasteiger partial charge in [-0.05, 0) is 17.7 Å². The third-order valence-corrected chi connectivity index (χ3v) is 2.57. The second kappa shape index (κ2) is 5.64. The molecule has 0 unspecified atom stereocenters. The Balaban J connectivity index is 2.31. The van der Waals surface area contributed by atoms with Gasteiger partial charge in [0.1, 0.15) is 0 Å². The van der Waals surface area contributed by atoms with Gasteiger partial charge < -0.3 is 15.5 Å². The van der Waals surface area contributed by atoms with Gasteiger partial charge in [0.25, 0.3) is 0 Å². The summed E-state index contributed by atoms with van der Waals surface area (Å²) in [7, 11) is 0. The normalized spacial score (nSPS) is 10.2. The molecule has 0 atom stereocenters. The molecular weight excluding hydrogens is 270 g/mol. The molecule has 1 aromatic carbocycles. The van der Waals surface area contributed by atoms with E-state index in [-0.39, 0.29) is 23.1 Å². The molecule has 2 aromatic rings. The van der Waals surface area contributed by atoms with Crippen molar-refractivity contribution >= 4 is 28.9 Å². The van der Waals surface area contributed by atoms with Crippen molar-refractivity contribution in [1.29, 1.82) is 0 Å². The molecule has 0 amide bonds. The quantitative estimate of drug-likeness (QED) is 0.793. The number of benzene rings is 1. The highest BCUT2D eigenvalue weighted by atomic mass is 35.5. The average Bonchev–Trinajstić information content (AvgIpc) is 2.39. The van der Waals surface area contributed by atoms with Gasteiger partial charge in [-0.2, -0.15) is 0 Å². The Morgan fingerprint density at radius 3 is 2.53 bits per heavy atom. The maximum absolute atomic E-state index is 11.0. The maximum Gasteiger partial charge on any atom is 0.358 e. The third-order valence-electron chi connectivity index (χ3n) is 2.38. The number of hydrogen-bond acceptors (Lipinski definition) is 5. The summed E-state index contributed by atoms with van der Waals surface area (Å²) < 4.78 is 0. The van der Waals surface area contributed by atoms with Crippen LogP contribution in [0.5, 0.6) is 0 Å². The molecule has 0 aliphatic rings. The van der Waals surface area contributed by atoms with Crippen LogP contribution in [0.4, 0.5) is 11.4 Å². The first-order chi connectivity index (χ1) is 9.10. The van der Waals surface area contributed by atoms with Crippen molar-refractivity contribution in [3.8, 4) is 0 Å². The van der Waals surface area contributed by atoms with Gasteiger partial charge in [-0.25, -0.2) is 4.79 Å². The third kappa shape index (κ3) is 3.18. The Hall–Kier alpha value is -2.18. The van der Waals surface area contributed by atoms with Crippen molar-refractivity contribution in [1.82, 2.24) is 10.2 Å². The highest BCUT2D eigenvalue weighted by molar-refractivity contribution is 6.29.